The van der Waals surface area contributed by atoms with E-state index in [9.17, 15) is 9.59 Å². The highest BCUT2D eigenvalue weighted by Gasteiger charge is 2.34. The lowest BCUT2D eigenvalue weighted by Crippen LogP contribution is -2.42. The fourth-order valence-electron chi connectivity index (χ4n) is 3.44. The maximum Gasteiger partial charge on any atom is 0.325 e. The van der Waals surface area contributed by atoms with Crippen LogP contribution in [0.1, 0.15) is 6.42 Å². The predicted molar refractivity (Wildman–Crippen MR) is 108 cm³/mol. The van der Waals surface area contributed by atoms with Gasteiger partial charge in [-0.25, -0.2) is 14.8 Å². The van der Waals surface area contributed by atoms with Gasteiger partial charge in [0.2, 0.25) is 5.91 Å². The SMILES string of the molecule is O=C(CN1CCN(c2cccc(Cl)c2)C1=O)N1CC[C@H](Oc2ncc(Cl)cn2)C1. The summed E-state index contributed by atoms with van der Waals surface area (Å²) in [6.45, 7) is 2.05. The third-order valence-electron chi connectivity index (χ3n) is 4.91. The van der Waals surface area contributed by atoms with Gasteiger partial charge in [0.25, 0.3) is 0 Å². The van der Waals surface area contributed by atoms with Crippen molar-refractivity contribution < 1.29 is 14.3 Å². The maximum absolute atomic E-state index is 12.7. The summed E-state index contributed by atoms with van der Waals surface area (Å²) < 4.78 is 5.71. The molecule has 2 saturated heterocycles. The average molecular weight is 436 g/mol. The van der Waals surface area contributed by atoms with E-state index in [1.54, 1.807) is 32.9 Å². The number of hydrogen-bond acceptors (Lipinski definition) is 5. The number of hydrogen-bond donors (Lipinski definition) is 0. The number of likely N-dealkylation sites (tertiary alicyclic amines) is 1. The van der Waals surface area contributed by atoms with Crippen molar-refractivity contribution in [3.63, 3.8) is 0 Å². The highest BCUT2D eigenvalue weighted by atomic mass is 35.5. The first kappa shape index (κ1) is 19.7. The number of carbonyl (C=O) groups is 2. The number of halogens is 2. The first-order chi connectivity index (χ1) is 14.0. The predicted octanol–water partition coefficient (Wildman–Crippen LogP) is 2.71. The molecule has 1 aromatic heterocycles. The van der Waals surface area contributed by atoms with Crippen LogP contribution in [0.15, 0.2) is 36.7 Å². The van der Waals surface area contributed by atoms with Crippen LogP contribution in [0.5, 0.6) is 6.01 Å². The fraction of sp³-hybridized carbons (Fsp3) is 0.368. The molecule has 0 unspecified atom stereocenters. The summed E-state index contributed by atoms with van der Waals surface area (Å²) in [5.74, 6) is -0.102. The zero-order valence-electron chi connectivity index (χ0n) is 15.5. The third-order valence-corrected chi connectivity index (χ3v) is 5.34. The number of rotatable bonds is 5. The summed E-state index contributed by atoms with van der Waals surface area (Å²) in [5, 5.41) is 1.00. The molecule has 2 aliphatic heterocycles. The Hall–Kier alpha value is -2.58. The molecule has 29 heavy (non-hydrogen) atoms. The van der Waals surface area contributed by atoms with Crippen molar-refractivity contribution >= 4 is 40.8 Å². The van der Waals surface area contributed by atoms with Crippen LogP contribution >= 0.6 is 23.2 Å². The summed E-state index contributed by atoms with van der Waals surface area (Å²) >= 11 is 11.8. The van der Waals surface area contributed by atoms with E-state index >= 15 is 0 Å². The molecule has 4 rings (SSSR count). The van der Waals surface area contributed by atoms with Gasteiger partial charge in [0.15, 0.2) is 0 Å². The van der Waals surface area contributed by atoms with Crippen molar-refractivity contribution in [2.75, 3.05) is 37.6 Å². The summed E-state index contributed by atoms with van der Waals surface area (Å²) in [5.41, 5.74) is 0.732. The monoisotopic (exact) mass is 435 g/mol. The molecule has 3 heterocycles. The van der Waals surface area contributed by atoms with Crippen LogP contribution in [0.25, 0.3) is 0 Å². The number of anilines is 1. The molecule has 0 bridgehead atoms. The van der Waals surface area contributed by atoms with Crippen LogP contribution in [0, 0.1) is 0 Å². The van der Waals surface area contributed by atoms with Crippen LogP contribution < -0.4 is 9.64 Å². The highest BCUT2D eigenvalue weighted by Crippen LogP contribution is 2.24. The van der Waals surface area contributed by atoms with Gasteiger partial charge in [0, 0.05) is 36.8 Å². The number of nitrogens with zero attached hydrogens (tertiary/aromatic N) is 5. The molecule has 0 spiro atoms. The maximum atomic E-state index is 12.7. The lowest BCUT2D eigenvalue weighted by Gasteiger charge is -2.22. The number of carbonyl (C=O) groups excluding carboxylic acids is 2. The Morgan fingerprint density at radius 1 is 1.14 bits per heavy atom. The topological polar surface area (TPSA) is 78.9 Å². The summed E-state index contributed by atoms with van der Waals surface area (Å²) in [6, 6.07) is 7.17. The van der Waals surface area contributed by atoms with E-state index in [1.807, 2.05) is 6.07 Å². The molecule has 10 heteroatoms. The van der Waals surface area contributed by atoms with Gasteiger partial charge in [-0.1, -0.05) is 29.3 Å². The van der Waals surface area contributed by atoms with Crippen LogP contribution in [-0.2, 0) is 4.79 Å². The van der Waals surface area contributed by atoms with E-state index < -0.39 is 0 Å². The first-order valence-electron chi connectivity index (χ1n) is 9.23. The largest absolute Gasteiger partial charge is 0.458 e. The molecular formula is C19H19Cl2N5O3. The van der Waals surface area contributed by atoms with Crippen molar-refractivity contribution in [1.29, 1.82) is 0 Å². The summed E-state index contributed by atoms with van der Waals surface area (Å²) in [7, 11) is 0. The molecule has 152 valence electrons. The normalized spacial score (nSPS) is 19.2. The second-order valence-electron chi connectivity index (χ2n) is 6.89. The Morgan fingerprint density at radius 2 is 1.93 bits per heavy atom. The Kier molecular flexibility index (Phi) is 5.73. The van der Waals surface area contributed by atoms with Crippen LogP contribution in [0.3, 0.4) is 0 Å². The van der Waals surface area contributed by atoms with Crippen molar-refractivity contribution in [2.24, 2.45) is 0 Å². The quantitative estimate of drug-likeness (QED) is 0.721. The van der Waals surface area contributed by atoms with Crippen molar-refractivity contribution in [3.05, 3.63) is 46.7 Å². The van der Waals surface area contributed by atoms with Crippen LogP contribution in [0.4, 0.5) is 10.5 Å². The Labute approximate surface area is 178 Å². The lowest BCUT2D eigenvalue weighted by molar-refractivity contribution is -0.130. The minimum Gasteiger partial charge on any atom is -0.458 e. The van der Waals surface area contributed by atoms with E-state index in [-0.39, 0.29) is 30.6 Å². The third kappa shape index (κ3) is 4.54. The fourth-order valence-corrected chi connectivity index (χ4v) is 3.72. The second kappa shape index (κ2) is 8.42. The Bertz CT molecular complexity index is 911. The van der Waals surface area contributed by atoms with Crippen molar-refractivity contribution in [1.82, 2.24) is 19.8 Å². The summed E-state index contributed by atoms with van der Waals surface area (Å²) in [6.07, 6.45) is 3.43. The molecule has 2 aliphatic rings. The van der Waals surface area contributed by atoms with Gasteiger partial charge >= 0.3 is 12.0 Å². The highest BCUT2D eigenvalue weighted by molar-refractivity contribution is 6.31. The van der Waals surface area contributed by atoms with E-state index in [4.69, 9.17) is 27.9 Å². The molecule has 0 aliphatic carbocycles. The molecule has 0 saturated carbocycles. The van der Waals surface area contributed by atoms with Gasteiger partial charge in [0.1, 0.15) is 12.6 Å². The van der Waals surface area contributed by atoms with Gasteiger partial charge in [0.05, 0.1) is 24.0 Å². The smallest absolute Gasteiger partial charge is 0.325 e. The van der Waals surface area contributed by atoms with Crippen LogP contribution in [-0.4, -0.2) is 70.5 Å². The molecule has 1 atom stereocenters. The number of ether oxygens (including phenoxy) is 1. The van der Waals surface area contributed by atoms with Gasteiger partial charge in [-0.05, 0) is 18.2 Å². The Balaban J connectivity index is 1.30. The van der Waals surface area contributed by atoms with Crippen molar-refractivity contribution in [3.8, 4) is 6.01 Å². The first-order valence-corrected chi connectivity index (χ1v) is 9.99. The molecule has 0 N–H and O–H groups in total. The molecule has 0 radical (unpaired) electrons. The minimum absolute atomic E-state index is 0.0417. The van der Waals surface area contributed by atoms with Gasteiger partial charge < -0.3 is 14.5 Å². The van der Waals surface area contributed by atoms with E-state index in [2.05, 4.69) is 9.97 Å². The van der Waals surface area contributed by atoms with E-state index in [1.165, 1.54) is 12.4 Å². The van der Waals surface area contributed by atoms with Crippen LogP contribution in [0.2, 0.25) is 10.0 Å². The lowest BCUT2D eigenvalue weighted by atomic mass is 10.3. The number of amides is 3. The van der Waals surface area contributed by atoms with E-state index in [0.29, 0.717) is 42.6 Å². The number of benzene rings is 1. The number of urea groups is 1. The second-order valence-corrected chi connectivity index (χ2v) is 7.76. The standard InChI is InChI=1S/C19H19Cl2N5O3/c20-13-2-1-3-15(8-13)26-7-6-25(19(26)28)12-17(27)24-5-4-16(11-24)29-18-22-9-14(21)10-23-18/h1-3,8-10,16H,4-7,11-12H2/t16-/m0/s1. The summed E-state index contributed by atoms with van der Waals surface area (Å²) in [4.78, 5) is 38.3. The zero-order valence-corrected chi connectivity index (χ0v) is 17.0. The minimum atomic E-state index is -0.192. The van der Waals surface area contributed by atoms with Gasteiger partial charge in [-0.3, -0.25) is 9.69 Å². The van der Waals surface area contributed by atoms with Gasteiger partial charge in [-0.2, -0.15) is 0 Å². The number of aromatic nitrogens is 2. The molecule has 2 fully saturated rings. The molecular weight excluding hydrogens is 417 g/mol. The molecule has 8 nitrogen and oxygen atoms in total. The van der Waals surface area contributed by atoms with Crippen molar-refractivity contribution in [2.45, 2.75) is 12.5 Å². The van der Waals surface area contributed by atoms with E-state index in [0.717, 1.165) is 5.69 Å². The zero-order chi connectivity index (χ0) is 20.4. The van der Waals surface area contributed by atoms with Gasteiger partial charge in [-0.15, -0.1) is 0 Å². The average Bonchev–Trinajstić information content (AvgIpc) is 3.31. The Morgan fingerprint density at radius 3 is 2.69 bits per heavy atom. The molecule has 1 aromatic carbocycles. The molecule has 3 amide bonds. The molecule has 2 aromatic rings.